The number of carbonyl (C=O) groups is 1. The van der Waals surface area contributed by atoms with E-state index in [4.69, 9.17) is 14.6 Å². The van der Waals surface area contributed by atoms with Gasteiger partial charge in [-0.3, -0.25) is 4.79 Å². The minimum absolute atomic E-state index is 0.138. The van der Waals surface area contributed by atoms with Crippen molar-refractivity contribution in [1.82, 2.24) is 0 Å². The third kappa shape index (κ3) is 3.28. The first kappa shape index (κ1) is 13.7. The Labute approximate surface area is 101 Å². The van der Waals surface area contributed by atoms with Gasteiger partial charge in [-0.15, -0.1) is 0 Å². The second-order valence-corrected chi connectivity index (χ2v) is 4.22. The number of aliphatic carboxylic acids is 1. The molecule has 1 N–H and O–H groups in total. The predicted octanol–water partition coefficient (Wildman–Crippen LogP) is 2.14. The third-order valence-electron chi connectivity index (χ3n) is 2.56. The normalized spacial score (nSPS) is 30.5. The minimum Gasteiger partial charge on any atom is -0.481 e. The van der Waals surface area contributed by atoms with Crippen LogP contribution in [0.4, 0.5) is 0 Å². The molecule has 4 nitrogen and oxygen atoms in total. The van der Waals surface area contributed by atoms with Crippen molar-refractivity contribution in [2.45, 2.75) is 20.1 Å². The van der Waals surface area contributed by atoms with E-state index in [0.717, 1.165) is 5.57 Å². The fourth-order valence-corrected chi connectivity index (χ4v) is 1.47. The molecule has 0 amide bonds. The van der Waals surface area contributed by atoms with Gasteiger partial charge in [-0.05, 0) is 13.8 Å². The van der Waals surface area contributed by atoms with Gasteiger partial charge in [-0.1, -0.05) is 30.9 Å². The summed E-state index contributed by atoms with van der Waals surface area (Å²) >= 11 is 0. The highest BCUT2D eigenvalue weighted by molar-refractivity contribution is 5.74. The van der Waals surface area contributed by atoms with Crippen molar-refractivity contribution >= 4 is 5.97 Å². The average Bonchev–Trinajstić information content (AvgIpc) is 2.30. The van der Waals surface area contributed by atoms with Gasteiger partial charge in [0.1, 0.15) is 5.41 Å². The summed E-state index contributed by atoms with van der Waals surface area (Å²) in [5.41, 5.74) is -0.138. The van der Waals surface area contributed by atoms with Crippen LogP contribution in [0.2, 0.25) is 0 Å². The Morgan fingerprint density at radius 3 is 2.47 bits per heavy atom. The monoisotopic (exact) mass is 238 g/mol. The van der Waals surface area contributed by atoms with Gasteiger partial charge in [0.25, 0.3) is 0 Å². The van der Waals surface area contributed by atoms with Crippen molar-refractivity contribution in [3.63, 3.8) is 0 Å². The molecule has 0 aromatic rings. The molecule has 1 saturated heterocycles. The van der Waals surface area contributed by atoms with E-state index >= 15 is 0 Å². The van der Waals surface area contributed by atoms with Crippen LogP contribution in [0.3, 0.4) is 0 Å². The molecular formula is C13H18O4. The molecule has 0 aromatic heterocycles. The van der Waals surface area contributed by atoms with Gasteiger partial charge in [0.05, 0.1) is 13.2 Å². The molecule has 0 spiro atoms. The Balaban J connectivity index is 2.71. The highest BCUT2D eigenvalue weighted by Crippen LogP contribution is 2.27. The Kier molecular flexibility index (Phi) is 4.66. The van der Waals surface area contributed by atoms with Crippen LogP contribution in [0.5, 0.6) is 0 Å². The SMILES string of the molecule is C=C/C=C(\C=C/C)C1OCC(C)(C(=O)O)CO1. The maximum absolute atomic E-state index is 11.0. The molecule has 4 heteroatoms. The van der Waals surface area contributed by atoms with Gasteiger partial charge in [-0.25, -0.2) is 0 Å². The van der Waals surface area contributed by atoms with E-state index in [1.807, 2.05) is 19.1 Å². The van der Waals surface area contributed by atoms with Crippen molar-refractivity contribution in [2.75, 3.05) is 13.2 Å². The van der Waals surface area contributed by atoms with Crippen molar-refractivity contribution in [1.29, 1.82) is 0 Å². The fraction of sp³-hybridized carbons (Fsp3) is 0.462. The van der Waals surface area contributed by atoms with E-state index in [9.17, 15) is 4.79 Å². The summed E-state index contributed by atoms with van der Waals surface area (Å²) in [4.78, 5) is 11.0. The summed E-state index contributed by atoms with van der Waals surface area (Å²) in [6.07, 6.45) is 6.64. The number of carboxylic acid groups (broad SMARTS) is 1. The molecule has 17 heavy (non-hydrogen) atoms. The standard InChI is InChI=1S/C13H18O4/c1-4-6-10(7-5-2)11-16-8-13(3,9-17-11)12(14)15/h4-7,11H,1,8-9H2,2-3H3,(H,14,15)/b7-5-,10-6+. The van der Waals surface area contributed by atoms with E-state index in [0.29, 0.717) is 0 Å². The molecule has 1 heterocycles. The second-order valence-electron chi connectivity index (χ2n) is 4.22. The molecule has 0 atom stereocenters. The van der Waals surface area contributed by atoms with Crippen LogP contribution in [0.15, 0.2) is 36.5 Å². The Bertz CT molecular complexity index is 346. The molecule has 1 rings (SSSR count). The molecule has 0 saturated carbocycles. The number of hydrogen-bond acceptors (Lipinski definition) is 3. The molecule has 1 fully saturated rings. The van der Waals surface area contributed by atoms with Crippen LogP contribution in [0.1, 0.15) is 13.8 Å². The zero-order chi connectivity index (χ0) is 12.9. The van der Waals surface area contributed by atoms with Gasteiger partial charge in [0, 0.05) is 5.57 Å². The summed E-state index contributed by atoms with van der Waals surface area (Å²) in [6, 6.07) is 0. The molecule has 0 aromatic carbocycles. The summed E-state index contributed by atoms with van der Waals surface area (Å²) in [7, 11) is 0. The van der Waals surface area contributed by atoms with Gasteiger partial charge in [-0.2, -0.15) is 0 Å². The molecule has 0 radical (unpaired) electrons. The summed E-state index contributed by atoms with van der Waals surface area (Å²) in [5.74, 6) is -0.906. The van der Waals surface area contributed by atoms with Gasteiger partial charge >= 0.3 is 5.97 Å². The topological polar surface area (TPSA) is 55.8 Å². The average molecular weight is 238 g/mol. The van der Waals surface area contributed by atoms with E-state index in [-0.39, 0.29) is 13.2 Å². The zero-order valence-electron chi connectivity index (χ0n) is 10.2. The molecular weight excluding hydrogens is 220 g/mol. The lowest BCUT2D eigenvalue weighted by Crippen LogP contribution is -2.45. The van der Waals surface area contributed by atoms with Crippen LogP contribution in [-0.4, -0.2) is 30.6 Å². The number of hydrogen-bond donors (Lipinski definition) is 1. The predicted molar refractivity (Wildman–Crippen MR) is 64.5 cm³/mol. The van der Waals surface area contributed by atoms with Crippen LogP contribution in [0.25, 0.3) is 0 Å². The quantitative estimate of drug-likeness (QED) is 0.762. The van der Waals surface area contributed by atoms with E-state index < -0.39 is 17.7 Å². The summed E-state index contributed by atoms with van der Waals surface area (Å²) in [5, 5.41) is 9.02. The summed E-state index contributed by atoms with van der Waals surface area (Å²) < 4.78 is 10.9. The lowest BCUT2D eigenvalue weighted by atomic mass is 9.92. The van der Waals surface area contributed by atoms with Gasteiger partial charge in [0.2, 0.25) is 0 Å². The van der Waals surface area contributed by atoms with Crippen molar-refractivity contribution in [3.05, 3.63) is 36.5 Å². The fourth-order valence-electron chi connectivity index (χ4n) is 1.47. The lowest BCUT2D eigenvalue weighted by Gasteiger charge is -2.34. The molecule has 0 bridgehead atoms. The number of allylic oxidation sites excluding steroid dienone is 3. The highest BCUT2D eigenvalue weighted by atomic mass is 16.7. The van der Waals surface area contributed by atoms with Crippen molar-refractivity contribution < 1.29 is 19.4 Å². The van der Waals surface area contributed by atoms with Crippen LogP contribution in [-0.2, 0) is 14.3 Å². The molecule has 0 aliphatic carbocycles. The maximum Gasteiger partial charge on any atom is 0.314 e. The zero-order valence-corrected chi connectivity index (χ0v) is 10.2. The van der Waals surface area contributed by atoms with Crippen LogP contribution < -0.4 is 0 Å². The highest BCUT2D eigenvalue weighted by Gasteiger charge is 2.39. The Morgan fingerprint density at radius 1 is 1.47 bits per heavy atom. The van der Waals surface area contributed by atoms with Gasteiger partial charge < -0.3 is 14.6 Å². The smallest absolute Gasteiger partial charge is 0.314 e. The maximum atomic E-state index is 11.0. The van der Waals surface area contributed by atoms with Gasteiger partial charge in [0.15, 0.2) is 6.29 Å². The number of rotatable bonds is 4. The number of carboxylic acids is 1. The third-order valence-corrected chi connectivity index (χ3v) is 2.56. The van der Waals surface area contributed by atoms with E-state index in [1.165, 1.54) is 0 Å². The molecule has 0 unspecified atom stereocenters. The Morgan fingerprint density at radius 2 is 2.06 bits per heavy atom. The van der Waals surface area contributed by atoms with Crippen molar-refractivity contribution in [3.8, 4) is 0 Å². The number of ether oxygens (including phenoxy) is 2. The molecule has 1 aliphatic rings. The Hall–Kier alpha value is -1.39. The first-order chi connectivity index (χ1) is 8.03. The largest absolute Gasteiger partial charge is 0.481 e. The van der Waals surface area contributed by atoms with Crippen molar-refractivity contribution in [2.24, 2.45) is 5.41 Å². The van der Waals surface area contributed by atoms with E-state index in [1.54, 1.807) is 19.1 Å². The molecule has 94 valence electrons. The summed E-state index contributed by atoms with van der Waals surface area (Å²) in [6.45, 7) is 7.39. The van der Waals surface area contributed by atoms with Crippen LogP contribution in [0, 0.1) is 5.41 Å². The van der Waals surface area contributed by atoms with E-state index in [2.05, 4.69) is 6.58 Å². The lowest BCUT2D eigenvalue weighted by molar-refractivity contribution is -0.215. The first-order valence-electron chi connectivity index (χ1n) is 5.45. The minimum atomic E-state index is -0.967. The second kappa shape index (κ2) is 5.80. The van der Waals surface area contributed by atoms with Crippen LogP contribution >= 0.6 is 0 Å². The first-order valence-corrected chi connectivity index (χ1v) is 5.45. The molecule has 1 aliphatic heterocycles.